The molecule has 2 aromatic carbocycles. The molecule has 2 nitrogen and oxygen atoms in total. The summed E-state index contributed by atoms with van der Waals surface area (Å²) in [6.45, 7) is 9.73. The van der Waals surface area contributed by atoms with Crippen molar-refractivity contribution in [1.82, 2.24) is 4.90 Å². The van der Waals surface area contributed by atoms with Crippen LogP contribution in [0.1, 0.15) is 31.9 Å². The molecule has 2 heteroatoms. The van der Waals surface area contributed by atoms with Crippen LogP contribution in [0.15, 0.2) is 54.6 Å². The molecule has 2 aromatic rings. The lowest BCUT2D eigenvalue weighted by atomic mass is 9.87. The van der Waals surface area contributed by atoms with Crippen LogP contribution in [-0.2, 0) is 12.0 Å². The van der Waals surface area contributed by atoms with Gasteiger partial charge in [-0.25, -0.2) is 0 Å². The normalized spacial score (nSPS) is 11.7. The van der Waals surface area contributed by atoms with Gasteiger partial charge in [0.1, 0.15) is 0 Å². The molecule has 1 N–H and O–H groups in total. The van der Waals surface area contributed by atoms with Crippen molar-refractivity contribution in [3.8, 4) is 0 Å². The van der Waals surface area contributed by atoms with Crippen LogP contribution in [0.2, 0.25) is 0 Å². The number of para-hydroxylation sites is 1. The highest BCUT2D eigenvalue weighted by Crippen LogP contribution is 2.22. The van der Waals surface area contributed by atoms with Gasteiger partial charge in [-0.15, -0.1) is 0 Å². The van der Waals surface area contributed by atoms with Gasteiger partial charge < -0.3 is 10.2 Å². The third-order valence-electron chi connectivity index (χ3n) is 3.87. The molecule has 0 aliphatic rings. The van der Waals surface area contributed by atoms with Crippen molar-refractivity contribution in [3.05, 3.63) is 65.7 Å². The van der Waals surface area contributed by atoms with E-state index in [4.69, 9.17) is 0 Å². The van der Waals surface area contributed by atoms with Crippen molar-refractivity contribution < 1.29 is 0 Å². The van der Waals surface area contributed by atoms with E-state index >= 15 is 0 Å². The molecule has 0 saturated heterocycles. The van der Waals surface area contributed by atoms with E-state index in [0.717, 1.165) is 19.6 Å². The maximum Gasteiger partial charge on any atom is 0.0340 e. The molecule has 0 aliphatic carbocycles. The molecule has 0 aliphatic heterocycles. The molecular formula is C20H28N2. The fraction of sp³-hybridized carbons (Fsp3) is 0.400. The summed E-state index contributed by atoms with van der Waals surface area (Å²) in [6.07, 6.45) is 0. The first-order valence-electron chi connectivity index (χ1n) is 8.02. The third kappa shape index (κ3) is 5.19. The second-order valence-corrected chi connectivity index (χ2v) is 6.98. The van der Waals surface area contributed by atoms with Gasteiger partial charge in [0, 0.05) is 25.3 Å². The van der Waals surface area contributed by atoms with Gasteiger partial charge in [0.2, 0.25) is 0 Å². The Kier molecular flexibility index (Phi) is 5.62. The summed E-state index contributed by atoms with van der Waals surface area (Å²) in [7, 11) is 2.17. The Morgan fingerprint density at radius 1 is 0.909 bits per heavy atom. The molecule has 0 unspecified atom stereocenters. The van der Waals surface area contributed by atoms with Crippen LogP contribution < -0.4 is 5.32 Å². The molecule has 0 bridgehead atoms. The van der Waals surface area contributed by atoms with Gasteiger partial charge in [-0.1, -0.05) is 63.2 Å². The Morgan fingerprint density at radius 3 is 2.14 bits per heavy atom. The monoisotopic (exact) mass is 296 g/mol. The summed E-state index contributed by atoms with van der Waals surface area (Å²) < 4.78 is 0. The van der Waals surface area contributed by atoms with Crippen molar-refractivity contribution in [2.45, 2.75) is 32.7 Å². The number of benzene rings is 2. The van der Waals surface area contributed by atoms with Crippen molar-refractivity contribution >= 4 is 5.69 Å². The van der Waals surface area contributed by atoms with Gasteiger partial charge >= 0.3 is 0 Å². The molecule has 0 aromatic heterocycles. The fourth-order valence-corrected chi connectivity index (χ4v) is 2.45. The SMILES string of the molecule is CN(CCNc1ccccc1)Cc1ccc(C(C)(C)C)cc1. The first-order chi connectivity index (χ1) is 10.4. The lowest BCUT2D eigenvalue weighted by molar-refractivity contribution is 0.340. The zero-order valence-electron chi connectivity index (χ0n) is 14.3. The van der Waals surface area contributed by atoms with Crippen molar-refractivity contribution in [3.63, 3.8) is 0 Å². The van der Waals surface area contributed by atoms with E-state index in [2.05, 4.69) is 86.6 Å². The number of nitrogens with one attached hydrogen (secondary N) is 1. The highest BCUT2D eigenvalue weighted by molar-refractivity contribution is 5.42. The van der Waals surface area contributed by atoms with Crippen molar-refractivity contribution in [2.24, 2.45) is 0 Å². The van der Waals surface area contributed by atoms with E-state index in [1.165, 1.54) is 16.8 Å². The summed E-state index contributed by atoms with van der Waals surface area (Å²) in [4.78, 5) is 2.35. The van der Waals surface area contributed by atoms with Crippen LogP contribution in [0.25, 0.3) is 0 Å². The quantitative estimate of drug-likeness (QED) is 0.842. The largest absolute Gasteiger partial charge is 0.384 e. The first kappa shape index (κ1) is 16.6. The van der Waals surface area contributed by atoms with Gasteiger partial charge in [-0.3, -0.25) is 0 Å². The van der Waals surface area contributed by atoms with Crippen LogP contribution in [0, 0.1) is 0 Å². The Labute approximate surface area is 135 Å². The molecule has 0 heterocycles. The van der Waals surface area contributed by atoms with Crippen LogP contribution in [0.4, 0.5) is 5.69 Å². The predicted molar refractivity (Wildman–Crippen MR) is 96.4 cm³/mol. The number of anilines is 1. The van der Waals surface area contributed by atoms with Crippen LogP contribution in [-0.4, -0.2) is 25.0 Å². The van der Waals surface area contributed by atoms with E-state index < -0.39 is 0 Å². The summed E-state index contributed by atoms with van der Waals surface area (Å²) in [5.74, 6) is 0. The molecule has 0 saturated carbocycles. The van der Waals surface area contributed by atoms with Gasteiger partial charge in [-0.2, -0.15) is 0 Å². The average Bonchev–Trinajstić information content (AvgIpc) is 2.48. The second-order valence-electron chi connectivity index (χ2n) is 6.98. The average molecular weight is 296 g/mol. The number of likely N-dealkylation sites (N-methyl/N-ethyl adjacent to an activating group) is 1. The third-order valence-corrected chi connectivity index (χ3v) is 3.87. The minimum Gasteiger partial charge on any atom is -0.384 e. The molecule has 0 radical (unpaired) electrons. The zero-order valence-corrected chi connectivity index (χ0v) is 14.3. The van der Waals surface area contributed by atoms with Crippen molar-refractivity contribution in [2.75, 3.05) is 25.5 Å². The maximum absolute atomic E-state index is 3.45. The Morgan fingerprint density at radius 2 is 1.55 bits per heavy atom. The van der Waals surface area contributed by atoms with Gasteiger partial charge in [0.15, 0.2) is 0 Å². The summed E-state index contributed by atoms with van der Waals surface area (Å²) in [6, 6.07) is 19.4. The highest BCUT2D eigenvalue weighted by atomic mass is 15.1. The fourth-order valence-electron chi connectivity index (χ4n) is 2.45. The summed E-state index contributed by atoms with van der Waals surface area (Å²) in [5, 5.41) is 3.45. The minimum absolute atomic E-state index is 0.226. The number of hydrogen-bond donors (Lipinski definition) is 1. The molecule has 0 spiro atoms. The first-order valence-corrected chi connectivity index (χ1v) is 8.02. The molecule has 118 valence electrons. The Bertz CT molecular complexity index is 553. The van der Waals surface area contributed by atoms with Gasteiger partial charge in [0.25, 0.3) is 0 Å². The van der Waals surface area contributed by atoms with E-state index in [1.54, 1.807) is 0 Å². The molecular weight excluding hydrogens is 268 g/mol. The number of hydrogen-bond acceptors (Lipinski definition) is 2. The maximum atomic E-state index is 3.45. The lowest BCUT2D eigenvalue weighted by Gasteiger charge is -2.21. The van der Waals surface area contributed by atoms with Gasteiger partial charge in [-0.05, 0) is 35.7 Å². The lowest BCUT2D eigenvalue weighted by Crippen LogP contribution is -2.24. The zero-order chi connectivity index (χ0) is 16.0. The van der Waals surface area contributed by atoms with Crippen LogP contribution >= 0.6 is 0 Å². The highest BCUT2D eigenvalue weighted by Gasteiger charge is 2.12. The van der Waals surface area contributed by atoms with E-state index in [1.807, 2.05) is 6.07 Å². The molecule has 22 heavy (non-hydrogen) atoms. The smallest absolute Gasteiger partial charge is 0.0340 e. The second kappa shape index (κ2) is 7.46. The predicted octanol–water partition coefficient (Wildman–Crippen LogP) is 4.53. The van der Waals surface area contributed by atoms with Crippen LogP contribution in [0.3, 0.4) is 0 Å². The van der Waals surface area contributed by atoms with Crippen molar-refractivity contribution in [1.29, 1.82) is 0 Å². The minimum atomic E-state index is 0.226. The van der Waals surface area contributed by atoms with Crippen LogP contribution in [0.5, 0.6) is 0 Å². The molecule has 0 fully saturated rings. The van der Waals surface area contributed by atoms with E-state index in [-0.39, 0.29) is 5.41 Å². The standard InChI is InChI=1S/C20H28N2/c1-20(2,3)18-12-10-17(11-13-18)16-22(4)15-14-21-19-8-6-5-7-9-19/h5-13,21H,14-16H2,1-4H3. The summed E-state index contributed by atoms with van der Waals surface area (Å²) >= 11 is 0. The summed E-state index contributed by atoms with van der Waals surface area (Å²) in [5.41, 5.74) is 4.18. The topological polar surface area (TPSA) is 15.3 Å². The van der Waals surface area contributed by atoms with E-state index in [0.29, 0.717) is 0 Å². The molecule has 0 atom stereocenters. The molecule has 2 rings (SSSR count). The molecule has 0 amide bonds. The Balaban J connectivity index is 1.78. The number of nitrogens with zero attached hydrogens (tertiary/aromatic N) is 1. The van der Waals surface area contributed by atoms with E-state index in [9.17, 15) is 0 Å². The number of rotatable bonds is 6. The Hall–Kier alpha value is -1.80. The van der Waals surface area contributed by atoms with Gasteiger partial charge in [0.05, 0.1) is 0 Å².